The van der Waals surface area contributed by atoms with Crippen LogP contribution in [0.15, 0.2) is 91.0 Å². The van der Waals surface area contributed by atoms with Gasteiger partial charge < -0.3 is 0 Å². The van der Waals surface area contributed by atoms with Gasteiger partial charge in [0.2, 0.25) is 0 Å². The maximum atomic E-state index is 4.49. The second kappa shape index (κ2) is 6.10. The van der Waals surface area contributed by atoms with Crippen LogP contribution in [0.2, 0.25) is 0 Å². The summed E-state index contributed by atoms with van der Waals surface area (Å²) in [6, 6.07) is 31.2. The van der Waals surface area contributed by atoms with E-state index in [1.165, 1.54) is 0 Å². The van der Waals surface area contributed by atoms with Crippen molar-refractivity contribution < 1.29 is 0 Å². The first kappa shape index (κ1) is 13.8. The van der Waals surface area contributed by atoms with Crippen molar-refractivity contribution in [1.82, 2.24) is 0 Å². The molecule has 100 valence electrons. The van der Waals surface area contributed by atoms with Crippen LogP contribution in [0.4, 0.5) is 0 Å². The zero-order valence-electron chi connectivity index (χ0n) is 11.6. The molecule has 1 heteroatoms. The number of benzene rings is 3. The van der Waals surface area contributed by atoms with Crippen molar-refractivity contribution in [2.75, 3.05) is 0 Å². The van der Waals surface area contributed by atoms with Gasteiger partial charge in [-0.2, -0.15) is 0 Å². The van der Waals surface area contributed by atoms with E-state index in [0.717, 1.165) is 16.7 Å². The van der Waals surface area contributed by atoms with Crippen LogP contribution in [0.1, 0.15) is 16.7 Å². The van der Waals surface area contributed by atoms with Crippen LogP contribution in [0.25, 0.3) is 0 Å². The molecule has 0 aliphatic rings. The molecule has 0 saturated carbocycles. The predicted molar refractivity (Wildman–Crippen MR) is 90.0 cm³/mol. The van der Waals surface area contributed by atoms with Crippen molar-refractivity contribution in [2.24, 2.45) is 0 Å². The molecule has 3 aromatic rings. The van der Waals surface area contributed by atoms with E-state index >= 15 is 0 Å². The number of rotatable bonds is 3. The molecule has 0 unspecified atom stereocenters. The van der Waals surface area contributed by atoms with Gasteiger partial charge in [-0.05, 0) is 0 Å². The van der Waals surface area contributed by atoms with Gasteiger partial charge in [0.1, 0.15) is 0 Å². The normalized spacial score (nSPS) is 10.8. The maximum absolute atomic E-state index is 4.49. The number of hydrogen-bond acceptors (Lipinski definition) is 0. The molecule has 0 heterocycles. The Balaban J connectivity index is 2.32. The fraction of sp³-hybridized carbons (Fsp3) is 0.0500. The van der Waals surface area contributed by atoms with Crippen LogP contribution in [0.3, 0.4) is 0 Å². The van der Waals surface area contributed by atoms with Crippen LogP contribution < -0.4 is 0 Å². The monoisotopic (exact) mass is 286 g/mol. The minimum atomic E-state index is -0.465. The van der Waals surface area contributed by atoms with Crippen molar-refractivity contribution in [3.63, 3.8) is 0 Å². The molecule has 0 aliphatic carbocycles. The van der Waals surface area contributed by atoms with Gasteiger partial charge in [-0.3, -0.25) is 0 Å². The average Bonchev–Trinajstić information content (AvgIpc) is 2.59. The van der Waals surface area contributed by atoms with Crippen molar-refractivity contribution in [3.8, 4) is 5.63 Å². The summed E-state index contributed by atoms with van der Waals surface area (Å²) >= 11 is 0. The molecule has 0 saturated heterocycles. The molecule has 0 atom stereocenters. The Morgan fingerprint density at radius 3 is 1.05 bits per heavy atom. The van der Waals surface area contributed by atoms with Crippen molar-refractivity contribution in [3.05, 3.63) is 108 Å². The molecule has 0 aliphatic heterocycles. The summed E-state index contributed by atoms with van der Waals surface area (Å²) in [6.45, 7) is 0. The van der Waals surface area contributed by atoms with Crippen molar-refractivity contribution in [1.29, 1.82) is 0 Å². The molecule has 3 aromatic carbocycles. The van der Waals surface area contributed by atoms with Gasteiger partial charge in [0.15, 0.2) is 0 Å². The summed E-state index contributed by atoms with van der Waals surface area (Å²) in [5.41, 5.74) is 6.29. The average molecular weight is 286 g/mol. The zero-order valence-corrected chi connectivity index (χ0v) is 12.5. The van der Waals surface area contributed by atoms with Crippen LogP contribution in [-0.4, -0.2) is 0 Å². The first-order chi connectivity index (χ1) is 10.4. The van der Waals surface area contributed by atoms with E-state index in [2.05, 4.69) is 87.1 Å². The summed E-state index contributed by atoms with van der Waals surface area (Å²) in [5.74, 6) is 0. The van der Waals surface area contributed by atoms with E-state index in [-0.39, 0.29) is 0 Å². The summed E-state index contributed by atoms with van der Waals surface area (Å²) in [4.78, 5) is 0. The summed E-state index contributed by atoms with van der Waals surface area (Å²) in [7, 11) is 4.49. The van der Waals surface area contributed by atoms with E-state index in [0.29, 0.717) is 0 Å². The van der Waals surface area contributed by atoms with Gasteiger partial charge in [-0.15, -0.1) is 0 Å². The molecule has 0 nitrogen and oxygen atoms in total. The molecular weight excluding hydrogens is 271 g/mol. The fourth-order valence-corrected chi connectivity index (χ4v) is 3.15. The number of hydrogen-bond donors (Lipinski definition) is 0. The second-order valence-corrected chi connectivity index (χ2v) is 5.18. The Morgan fingerprint density at radius 2 is 0.810 bits per heavy atom. The molecule has 0 amide bonds. The molecule has 0 bridgehead atoms. The van der Waals surface area contributed by atoms with E-state index < -0.39 is 5.41 Å². The second-order valence-electron chi connectivity index (χ2n) is 4.96. The molecule has 0 spiro atoms. The Kier molecular flexibility index (Phi) is 4.02. The zero-order chi connectivity index (χ0) is 14.5. The summed E-state index contributed by atoms with van der Waals surface area (Å²) in [5, 5.41) is 0. The summed E-state index contributed by atoms with van der Waals surface area (Å²) in [6.07, 6.45) is 0. The van der Waals surface area contributed by atoms with E-state index in [4.69, 9.17) is 0 Å². The molecular formula is C20H15P. The van der Waals surface area contributed by atoms with Gasteiger partial charge in [0, 0.05) is 0 Å². The van der Waals surface area contributed by atoms with Crippen LogP contribution >= 0.6 is 8.70 Å². The van der Waals surface area contributed by atoms with Crippen molar-refractivity contribution >= 4 is 8.70 Å². The van der Waals surface area contributed by atoms with Crippen LogP contribution in [0.5, 0.6) is 0 Å². The van der Waals surface area contributed by atoms with Crippen LogP contribution in [-0.2, 0) is 5.41 Å². The minimum absolute atomic E-state index is 0.465. The van der Waals surface area contributed by atoms with Crippen molar-refractivity contribution in [2.45, 2.75) is 5.41 Å². The summed E-state index contributed by atoms with van der Waals surface area (Å²) < 4.78 is 0. The van der Waals surface area contributed by atoms with Gasteiger partial charge in [0.05, 0.1) is 0 Å². The topological polar surface area (TPSA) is 0 Å². The molecule has 0 radical (unpaired) electrons. The molecule has 3 rings (SSSR count). The quantitative estimate of drug-likeness (QED) is 0.447. The standard InChI is InChI=1S/C20H15P/c21-16-20(17-10-4-1-5-11-17,18-12-6-2-7-13-18)19-14-8-3-9-15-19/h1-15H. The van der Waals surface area contributed by atoms with Gasteiger partial charge in [-0.25, -0.2) is 0 Å². The Hall–Kier alpha value is -2.13. The third-order valence-electron chi connectivity index (χ3n) is 3.79. The Labute approximate surface area is 128 Å². The molecule has 0 N–H and O–H groups in total. The molecule has 0 aromatic heterocycles. The SMILES string of the molecule is P#CC(c1ccccc1)(c1ccccc1)c1ccccc1. The first-order valence-corrected chi connectivity index (χ1v) is 7.40. The van der Waals surface area contributed by atoms with Gasteiger partial charge >= 0.3 is 127 Å². The Morgan fingerprint density at radius 1 is 0.524 bits per heavy atom. The van der Waals surface area contributed by atoms with Crippen LogP contribution in [0, 0.1) is 5.63 Å². The Bertz CT molecular complexity index is 643. The fourth-order valence-electron chi connectivity index (χ4n) is 2.76. The third kappa shape index (κ3) is 2.45. The molecule has 0 fully saturated rings. The first-order valence-electron chi connectivity index (χ1n) is 6.96. The van der Waals surface area contributed by atoms with Gasteiger partial charge in [-0.1, -0.05) is 0 Å². The van der Waals surface area contributed by atoms with Gasteiger partial charge in [0.25, 0.3) is 0 Å². The van der Waals surface area contributed by atoms with E-state index in [1.54, 1.807) is 0 Å². The molecule has 21 heavy (non-hydrogen) atoms. The van der Waals surface area contributed by atoms with E-state index in [9.17, 15) is 0 Å². The third-order valence-corrected chi connectivity index (χ3v) is 4.12. The van der Waals surface area contributed by atoms with E-state index in [1.807, 2.05) is 18.2 Å². The predicted octanol–water partition coefficient (Wildman–Crippen LogP) is 5.39.